The van der Waals surface area contributed by atoms with Gasteiger partial charge in [-0.25, -0.2) is 0 Å². The van der Waals surface area contributed by atoms with Crippen molar-refractivity contribution in [2.24, 2.45) is 11.7 Å². The zero-order valence-corrected chi connectivity index (χ0v) is 7.56. The van der Waals surface area contributed by atoms with E-state index in [1.807, 2.05) is 0 Å². The zero-order valence-electron chi connectivity index (χ0n) is 7.56. The maximum absolute atomic E-state index is 5.65. The predicted molar refractivity (Wildman–Crippen MR) is 47.0 cm³/mol. The summed E-state index contributed by atoms with van der Waals surface area (Å²) in [6, 6.07) is 0.389. The molecule has 1 nitrogen and oxygen atoms in total. The number of hydrogen-bond acceptors (Lipinski definition) is 1. The monoisotopic (exact) mass is 143 g/mol. The number of rotatable bonds is 5. The van der Waals surface area contributed by atoms with Gasteiger partial charge in [-0.3, -0.25) is 0 Å². The van der Waals surface area contributed by atoms with Gasteiger partial charge in [-0.05, 0) is 25.7 Å². The van der Waals surface area contributed by atoms with E-state index in [2.05, 4.69) is 20.8 Å². The van der Waals surface area contributed by atoms with Crippen LogP contribution < -0.4 is 5.73 Å². The van der Waals surface area contributed by atoms with Crippen LogP contribution in [0.3, 0.4) is 0 Å². The highest BCUT2D eigenvalue weighted by Gasteiger charge is 2.03. The van der Waals surface area contributed by atoms with Gasteiger partial charge in [0.05, 0.1) is 0 Å². The molecule has 0 aliphatic rings. The molecule has 0 bridgehead atoms. The molecule has 0 spiro atoms. The molecule has 0 aromatic rings. The third-order valence-corrected chi connectivity index (χ3v) is 2.18. The van der Waals surface area contributed by atoms with E-state index < -0.39 is 0 Å². The Kier molecular flexibility index (Phi) is 5.70. The Balaban J connectivity index is 3.26. The fourth-order valence-corrected chi connectivity index (χ4v) is 1.20. The van der Waals surface area contributed by atoms with Crippen molar-refractivity contribution < 1.29 is 0 Å². The summed E-state index contributed by atoms with van der Waals surface area (Å²) >= 11 is 0. The topological polar surface area (TPSA) is 26.0 Å². The van der Waals surface area contributed by atoms with Crippen LogP contribution in [0, 0.1) is 5.92 Å². The molecule has 2 N–H and O–H groups in total. The Bertz CT molecular complexity index is 65.1. The minimum absolute atomic E-state index is 0.389. The van der Waals surface area contributed by atoms with Crippen molar-refractivity contribution in [3.8, 4) is 0 Å². The van der Waals surface area contributed by atoms with Crippen LogP contribution in [0.5, 0.6) is 0 Å². The van der Waals surface area contributed by atoms with E-state index in [0.717, 1.165) is 5.92 Å². The van der Waals surface area contributed by atoms with Crippen molar-refractivity contribution in [2.75, 3.05) is 0 Å². The SMILES string of the molecule is CCC(CC)CCC(C)N. The summed E-state index contributed by atoms with van der Waals surface area (Å²) in [7, 11) is 0. The molecule has 1 unspecified atom stereocenters. The fourth-order valence-electron chi connectivity index (χ4n) is 1.20. The van der Waals surface area contributed by atoms with Crippen LogP contribution in [0.15, 0.2) is 0 Å². The van der Waals surface area contributed by atoms with E-state index in [0.29, 0.717) is 6.04 Å². The third kappa shape index (κ3) is 4.80. The molecule has 10 heavy (non-hydrogen) atoms. The number of nitrogens with two attached hydrogens (primary N) is 1. The Hall–Kier alpha value is -0.0400. The van der Waals surface area contributed by atoms with Gasteiger partial charge >= 0.3 is 0 Å². The first kappa shape index (κ1) is 9.96. The van der Waals surface area contributed by atoms with Crippen molar-refractivity contribution in [2.45, 2.75) is 52.5 Å². The lowest BCUT2D eigenvalue weighted by Crippen LogP contribution is -2.15. The second kappa shape index (κ2) is 5.72. The highest BCUT2D eigenvalue weighted by atomic mass is 14.6. The van der Waals surface area contributed by atoms with Crippen LogP contribution in [0.2, 0.25) is 0 Å². The van der Waals surface area contributed by atoms with E-state index >= 15 is 0 Å². The maximum Gasteiger partial charge on any atom is 0.00105 e. The summed E-state index contributed by atoms with van der Waals surface area (Å²) < 4.78 is 0. The minimum atomic E-state index is 0.389. The average Bonchev–Trinajstić information content (AvgIpc) is 1.90. The molecular weight excluding hydrogens is 122 g/mol. The summed E-state index contributed by atoms with van der Waals surface area (Å²) in [4.78, 5) is 0. The Labute approximate surface area is 65.0 Å². The molecule has 0 radical (unpaired) electrons. The van der Waals surface area contributed by atoms with Gasteiger partial charge in [0.1, 0.15) is 0 Å². The maximum atomic E-state index is 5.65. The molecule has 1 atom stereocenters. The standard InChI is InChI=1S/C9H21N/c1-4-9(5-2)7-6-8(3)10/h8-9H,4-7,10H2,1-3H3. The van der Waals surface area contributed by atoms with Gasteiger partial charge in [0.15, 0.2) is 0 Å². The fraction of sp³-hybridized carbons (Fsp3) is 1.00. The average molecular weight is 143 g/mol. The molecule has 0 amide bonds. The summed E-state index contributed by atoms with van der Waals surface area (Å²) in [5.41, 5.74) is 5.65. The molecule has 0 aliphatic heterocycles. The lowest BCUT2D eigenvalue weighted by Gasteiger charge is -2.12. The van der Waals surface area contributed by atoms with Gasteiger partial charge in [0.25, 0.3) is 0 Å². The van der Waals surface area contributed by atoms with Crippen LogP contribution in [0.1, 0.15) is 46.5 Å². The van der Waals surface area contributed by atoms with Gasteiger partial charge in [-0.2, -0.15) is 0 Å². The normalized spacial score (nSPS) is 14.1. The minimum Gasteiger partial charge on any atom is -0.328 e. The molecule has 0 aliphatic carbocycles. The van der Waals surface area contributed by atoms with Crippen molar-refractivity contribution in [1.29, 1.82) is 0 Å². The van der Waals surface area contributed by atoms with E-state index in [9.17, 15) is 0 Å². The zero-order chi connectivity index (χ0) is 7.98. The van der Waals surface area contributed by atoms with Crippen LogP contribution in [0.4, 0.5) is 0 Å². The third-order valence-electron chi connectivity index (χ3n) is 2.18. The molecule has 62 valence electrons. The summed E-state index contributed by atoms with van der Waals surface area (Å²) in [5.74, 6) is 0.908. The number of hydrogen-bond donors (Lipinski definition) is 1. The van der Waals surface area contributed by atoms with Crippen LogP contribution in [-0.4, -0.2) is 6.04 Å². The van der Waals surface area contributed by atoms with E-state index in [-0.39, 0.29) is 0 Å². The quantitative estimate of drug-likeness (QED) is 0.629. The Morgan fingerprint density at radius 1 is 1.10 bits per heavy atom. The Morgan fingerprint density at radius 3 is 1.90 bits per heavy atom. The molecule has 0 saturated heterocycles. The molecule has 0 aromatic carbocycles. The highest BCUT2D eigenvalue weighted by Crippen LogP contribution is 2.14. The van der Waals surface area contributed by atoms with Gasteiger partial charge in [-0.1, -0.05) is 26.7 Å². The van der Waals surface area contributed by atoms with Crippen LogP contribution in [0.25, 0.3) is 0 Å². The summed E-state index contributed by atoms with van der Waals surface area (Å²) in [6.45, 7) is 6.60. The van der Waals surface area contributed by atoms with Crippen molar-refractivity contribution in [3.63, 3.8) is 0 Å². The Morgan fingerprint density at radius 2 is 1.60 bits per heavy atom. The molecule has 0 saturated carbocycles. The van der Waals surface area contributed by atoms with Crippen LogP contribution in [-0.2, 0) is 0 Å². The molecule has 1 heteroatoms. The molecule has 0 rings (SSSR count). The lowest BCUT2D eigenvalue weighted by atomic mass is 9.96. The van der Waals surface area contributed by atoms with E-state index in [1.165, 1.54) is 25.7 Å². The van der Waals surface area contributed by atoms with E-state index in [1.54, 1.807) is 0 Å². The van der Waals surface area contributed by atoms with E-state index in [4.69, 9.17) is 5.73 Å². The highest BCUT2D eigenvalue weighted by molar-refractivity contribution is 4.59. The first-order chi connectivity index (χ1) is 4.70. The van der Waals surface area contributed by atoms with Gasteiger partial charge in [0.2, 0.25) is 0 Å². The molecular formula is C9H21N. The van der Waals surface area contributed by atoms with Gasteiger partial charge in [0, 0.05) is 6.04 Å². The molecule has 0 heterocycles. The van der Waals surface area contributed by atoms with Crippen molar-refractivity contribution >= 4 is 0 Å². The molecule has 0 aromatic heterocycles. The first-order valence-corrected chi connectivity index (χ1v) is 4.46. The van der Waals surface area contributed by atoms with Gasteiger partial charge in [-0.15, -0.1) is 0 Å². The summed E-state index contributed by atoms with van der Waals surface area (Å²) in [6.07, 6.45) is 5.11. The first-order valence-electron chi connectivity index (χ1n) is 4.46. The van der Waals surface area contributed by atoms with Gasteiger partial charge < -0.3 is 5.73 Å². The largest absolute Gasteiger partial charge is 0.328 e. The second-order valence-electron chi connectivity index (χ2n) is 3.24. The van der Waals surface area contributed by atoms with Crippen LogP contribution >= 0.6 is 0 Å². The lowest BCUT2D eigenvalue weighted by molar-refractivity contribution is 0.423. The molecule has 0 fully saturated rings. The second-order valence-corrected chi connectivity index (χ2v) is 3.24. The predicted octanol–water partition coefficient (Wildman–Crippen LogP) is 2.55. The van der Waals surface area contributed by atoms with Crippen molar-refractivity contribution in [1.82, 2.24) is 0 Å². The smallest absolute Gasteiger partial charge is 0.00105 e. The van der Waals surface area contributed by atoms with Crippen molar-refractivity contribution in [3.05, 3.63) is 0 Å². The summed E-state index contributed by atoms with van der Waals surface area (Å²) in [5, 5.41) is 0.